The molecule has 0 saturated carbocycles. The molecule has 0 spiro atoms. The van der Waals surface area contributed by atoms with Gasteiger partial charge in [0.05, 0.1) is 29.0 Å². The van der Waals surface area contributed by atoms with E-state index in [4.69, 9.17) is 4.74 Å². The molecule has 1 saturated heterocycles. The quantitative estimate of drug-likeness (QED) is 0.444. The van der Waals surface area contributed by atoms with Gasteiger partial charge in [-0.2, -0.15) is 0 Å². The number of amides is 1. The predicted molar refractivity (Wildman–Crippen MR) is 118 cm³/mol. The Morgan fingerprint density at radius 1 is 1.35 bits per heavy atom. The molecule has 2 aromatic heterocycles. The number of ether oxygens (including phenoxy) is 1. The number of hydrogen-bond acceptors (Lipinski definition) is 6. The maximum Gasteiger partial charge on any atom is 0.263 e. The summed E-state index contributed by atoms with van der Waals surface area (Å²) in [6, 6.07) is 9.41. The first kappa shape index (κ1) is 21.5. The van der Waals surface area contributed by atoms with Crippen LogP contribution in [-0.4, -0.2) is 38.4 Å². The fourth-order valence-corrected chi connectivity index (χ4v) is 4.52. The van der Waals surface area contributed by atoms with Gasteiger partial charge in [-0.25, -0.2) is 14.4 Å². The predicted octanol–water partition coefficient (Wildman–Crippen LogP) is 3.62. The molecule has 7 nitrogen and oxygen atoms in total. The van der Waals surface area contributed by atoms with Crippen LogP contribution in [0.25, 0.3) is 11.0 Å². The van der Waals surface area contributed by atoms with Crippen LogP contribution in [0.4, 0.5) is 10.1 Å². The van der Waals surface area contributed by atoms with E-state index in [1.54, 1.807) is 35.0 Å². The number of benzene rings is 1. The van der Waals surface area contributed by atoms with Gasteiger partial charge in [0.25, 0.3) is 5.56 Å². The van der Waals surface area contributed by atoms with E-state index >= 15 is 0 Å². The third kappa shape index (κ3) is 4.77. The second-order valence-corrected chi connectivity index (χ2v) is 8.47. The number of nitrogens with one attached hydrogen (secondary N) is 1. The minimum Gasteiger partial charge on any atom is -0.376 e. The molecule has 9 heteroatoms. The van der Waals surface area contributed by atoms with Crippen LogP contribution >= 0.6 is 11.8 Å². The zero-order valence-corrected chi connectivity index (χ0v) is 17.9. The standard InChI is InChI=1S/C22H23FN4O3S/c1-2-18(20(28)25-17-10-4-3-9-16(17)23)31-22-26-19-15(8-5-11-24-19)21(29)27(22)13-14-7-6-12-30-14/h3-5,8-11,14,18H,2,6-7,12-13H2,1H3,(H,25,28)/t14-,18-/m0/s1. The van der Waals surface area contributed by atoms with Crippen LogP contribution in [0.1, 0.15) is 26.2 Å². The number of thioether (sulfide) groups is 1. The molecule has 0 radical (unpaired) electrons. The Hall–Kier alpha value is -2.78. The van der Waals surface area contributed by atoms with E-state index in [9.17, 15) is 14.0 Å². The van der Waals surface area contributed by atoms with E-state index in [0.717, 1.165) is 12.8 Å². The number of hydrogen-bond donors (Lipinski definition) is 1. The molecule has 0 aliphatic carbocycles. The summed E-state index contributed by atoms with van der Waals surface area (Å²) in [5, 5.41) is 2.90. The van der Waals surface area contributed by atoms with E-state index in [-0.39, 0.29) is 23.3 Å². The van der Waals surface area contributed by atoms with Crippen LogP contribution in [0.2, 0.25) is 0 Å². The molecular formula is C22H23FN4O3S. The molecular weight excluding hydrogens is 419 g/mol. The topological polar surface area (TPSA) is 86.1 Å². The first-order valence-electron chi connectivity index (χ1n) is 10.3. The molecule has 0 unspecified atom stereocenters. The van der Waals surface area contributed by atoms with Gasteiger partial charge in [-0.1, -0.05) is 30.8 Å². The summed E-state index contributed by atoms with van der Waals surface area (Å²) in [7, 11) is 0. The summed E-state index contributed by atoms with van der Waals surface area (Å²) >= 11 is 1.18. The summed E-state index contributed by atoms with van der Waals surface area (Å²) in [5.41, 5.74) is 0.250. The highest BCUT2D eigenvalue weighted by Crippen LogP contribution is 2.27. The molecule has 31 heavy (non-hydrogen) atoms. The number of pyridine rings is 1. The van der Waals surface area contributed by atoms with Crippen molar-refractivity contribution in [1.82, 2.24) is 14.5 Å². The number of para-hydroxylation sites is 1. The van der Waals surface area contributed by atoms with Crippen molar-refractivity contribution in [1.29, 1.82) is 0 Å². The maximum absolute atomic E-state index is 14.0. The molecule has 4 rings (SSSR count). The van der Waals surface area contributed by atoms with Crippen LogP contribution < -0.4 is 10.9 Å². The molecule has 1 aliphatic rings. The lowest BCUT2D eigenvalue weighted by Crippen LogP contribution is -2.31. The highest BCUT2D eigenvalue weighted by atomic mass is 32.2. The summed E-state index contributed by atoms with van der Waals surface area (Å²) in [4.78, 5) is 34.8. The number of aromatic nitrogens is 3. The Kier molecular flexibility index (Phi) is 6.62. The highest BCUT2D eigenvalue weighted by Gasteiger charge is 2.25. The van der Waals surface area contributed by atoms with E-state index in [1.165, 1.54) is 23.9 Å². The second kappa shape index (κ2) is 9.57. The zero-order chi connectivity index (χ0) is 21.8. The van der Waals surface area contributed by atoms with Crippen molar-refractivity contribution in [3.05, 3.63) is 58.8 Å². The zero-order valence-electron chi connectivity index (χ0n) is 17.1. The van der Waals surface area contributed by atoms with Gasteiger partial charge >= 0.3 is 0 Å². The smallest absolute Gasteiger partial charge is 0.263 e. The fraction of sp³-hybridized carbons (Fsp3) is 0.364. The average molecular weight is 443 g/mol. The van der Waals surface area contributed by atoms with Gasteiger partial charge in [0.1, 0.15) is 5.82 Å². The molecule has 1 amide bonds. The Labute approximate surface area is 183 Å². The Morgan fingerprint density at radius 3 is 2.94 bits per heavy atom. The average Bonchev–Trinajstić information content (AvgIpc) is 3.29. The molecule has 1 aromatic carbocycles. The number of rotatable bonds is 7. The molecule has 3 heterocycles. The molecule has 3 aromatic rings. The third-order valence-electron chi connectivity index (χ3n) is 5.15. The fourth-order valence-electron chi connectivity index (χ4n) is 3.50. The first-order valence-corrected chi connectivity index (χ1v) is 11.1. The summed E-state index contributed by atoms with van der Waals surface area (Å²) in [5.74, 6) is -0.851. The van der Waals surface area contributed by atoms with Gasteiger partial charge in [0.2, 0.25) is 5.91 Å². The maximum atomic E-state index is 14.0. The molecule has 162 valence electrons. The molecule has 1 aliphatic heterocycles. The van der Waals surface area contributed by atoms with Crippen molar-refractivity contribution in [2.75, 3.05) is 11.9 Å². The van der Waals surface area contributed by atoms with Crippen molar-refractivity contribution < 1.29 is 13.9 Å². The van der Waals surface area contributed by atoms with Crippen LogP contribution in [0, 0.1) is 5.82 Å². The van der Waals surface area contributed by atoms with Gasteiger partial charge in [-0.3, -0.25) is 14.2 Å². The lowest BCUT2D eigenvalue weighted by atomic mass is 10.2. The van der Waals surface area contributed by atoms with Crippen molar-refractivity contribution in [2.24, 2.45) is 0 Å². The number of carbonyl (C=O) groups excluding carboxylic acids is 1. The van der Waals surface area contributed by atoms with Crippen LogP contribution in [0.15, 0.2) is 52.5 Å². The van der Waals surface area contributed by atoms with Gasteiger partial charge in [0, 0.05) is 12.8 Å². The van der Waals surface area contributed by atoms with Gasteiger partial charge in [-0.15, -0.1) is 0 Å². The van der Waals surface area contributed by atoms with Crippen molar-refractivity contribution in [2.45, 2.75) is 49.2 Å². The number of nitrogens with zero attached hydrogens (tertiary/aromatic N) is 3. The minimum atomic E-state index is -0.566. The van der Waals surface area contributed by atoms with E-state index in [1.807, 2.05) is 6.92 Å². The molecule has 2 atom stereocenters. The van der Waals surface area contributed by atoms with Crippen LogP contribution in [-0.2, 0) is 16.1 Å². The van der Waals surface area contributed by atoms with Crippen molar-refractivity contribution >= 4 is 34.4 Å². The minimum absolute atomic E-state index is 0.0692. The normalized spacial score (nSPS) is 17.0. The first-order chi connectivity index (χ1) is 15.1. The van der Waals surface area contributed by atoms with Crippen LogP contribution in [0.3, 0.4) is 0 Å². The number of halogens is 1. The van der Waals surface area contributed by atoms with Gasteiger partial charge in [-0.05, 0) is 43.5 Å². The Bertz CT molecular complexity index is 1150. The Balaban J connectivity index is 1.65. The number of carbonyl (C=O) groups is 1. The lowest BCUT2D eigenvalue weighted by Gasteiger charge is -2.19. The van der Waals surface area contributed by atoms with Gasteiger partial charge in [0.15, 0.2) is 10.8 Å². The third-order valence-corrected chi connectivity index (χ3v) is 6.50. The summed E-state index contributed by atoms with van der Waals surface area (Å²) < 4.78 is 21.3. The molecule has 1 fully saturated rings. The summed E-state index contributed by atoms with van der Waals surface area (Å²) in [6.45, 7) is 2.90. The van der Waals surface area contributed by atoms with E-state index < -0.39 is 11.1 Å². The highest BCUT2D eigenvalue weighted by molar-refractivity contribution is 8.00. The van der Waals surface area contributed by atoms with E-state index in [2.05, 4.69) is 15.3 Å². The lowest BCUT2D eigenvalue weighted by molar-refractivity contribution is -0.115. The van der Waals surface area contributed by atoms with Crippen molar-refractivity contribution in [3.63, 3.8) is 0 Å². The number of fused-ring (bicyclic) bond motifs is 1. The second-order valence-electron chi connectivity index (χ2n) is 7.30. The monoisotopic (exact) mass is 442 g/mol. The van der Waals surface area contributed by atoms with Gasteiger partial charge < -0.3 is 10.1 Å². The van der Waals surface area contributed by atoms with Crippen LogP contribution in [0.5, 0.6) is 0 Å². The SMILES string of the molecule is CC[C@H](Sc1nc2ncccc2c(=O)n1C[C@@H]1CCCO1)C(=O)Nc1ccccc1F. The largest absolute Gasteiger partial charge is 0.376 e. The Morgan fingerprint density at radius 2 is 2.19 bits per heavy atom. The summed E-state index contributed by atoms with van der Waals surface area (Å²) in [6.07, 6.45) is 3.80. The number of anilines is 1. The van der Waals surface area contributed by atoms with Crippen molar-refractivity contribution in [3.8, 4) is 0 Å². The van der Waals surface area contributed by atoms with E-state index in [0.29, 0.717) is 35.8 Å². The molecule has 0 bridgehead atoms. The molecule has 1 N–H and O–H groups in total.